The summed E-state index contributed by atoms with van der Waals surface area (Å²) in [5.74, 6) is -0.398. The van der Waals surface area contributed by atoms with Gasteiger partial charge in [0.2, 0.25) is 5.91 Å². The van der Waals surface area contributed by atoms with E-state index in [-0.39, 0.29) is 24.1 Å². The SMILES string of the molecule is Cc1cccc(NC(=O)Cn2c(CS(C)(=O)=O)nc3ccccc32)c1C(=O)N1CCCC1. The second kappa shape index (κ2) is 8.74. The first-order valence-electron chi connectivity index (χ1n) is 10.5. The monoisotopic (exact) mass is 454 g/mol. The molecule has 3 aromatic rings. The molecular weight excluding hydrogens is 428 g/mol. The van der Waals surface area contributed by atoms with E-state index < -0.39 is 9.84 Å². The summed E-state index contributed by atoms with van der Waals surface area (Å²) in [4.78, 5) is 32.3. The van der Waals surface area contributed by atoms with Crippen LogP contribution >= 0.6 is 0 Å². The van der Waals surface area contributed by atoms with Crippen LogP contribution in [0, 0.1) is 6.92 Å². The molecule has 2 heterocycles. The third-order valence-corrected chi connectivity index (χ3v) is 6.36. The van der Waals surface area contributed by atoms with Gasteiger partial charge in [-0.25, -0.2) is 13.4 Å². The summed E-state index contributed by atoms with van der Waals surface area (Å²) in [7, 11) is -3.34. The molecule has 32 heavy (non-hydrogen) atoms. The predicted octanol–water partition coefficient (Wildman–Crippen LogP) is 2.76. The molecule has 1 aliphatic heterocycles. The number of hydrogen-bond acceptors (Lipinski definition) is 5. The second-order valence-corrected chi connectivity index (χ2v) is 10.4. The number of rotatable bonds is 6. The van der Waals surface area contributed by atoms with Gasteiger partial charge in [0.05, 0.1) is 22.3 Å². The van der Waals surface area contributed by atoms with Gasteiger partial charge in [0.25, 0.3) is 5.91 Å². The van der Waals surface area contributed by atoms with Crippen LogP contribution in [-0.2, 0) is 26.9 Å². The Kier molecular flexibility index (Phi) is 6.01. The summed E-state index contributed by atoms with van der Waals surface area (Å²) in [6.07, 6.45) is 3.10. The van der Waals surface area contributed by atoms with Crippen LogP contribution in [-0.4, -0.2) is 54.0 Å². The van der Waals surface area contributed by atoms with E-state index in [2.05, 4.69) is 10.3 Å². The van der Waals surface area contributed by atoms with Gasteiger partial charge in [0, 0.05) is 19.3 Å². The molecule has 0 atom stereocenters. The average molecular weight is 455 g/mol. The highest BCUT2D eigenvalue weighted by Crippen LogP contribution is 2.24. The topological polar surface area (TPSA) is 101 Å². The van der Waals surface area contributed by atoms with Crippen molar-refractivity contribution >= 4 is 38.4 Å². The third-order valence-electron chi connectivity index (χ3n) is 5.58. The number of likely N-dealkylation sites (tertiary alicyclic amines) is 1. The molecule has 1 aromatic heterocycles. The predicted molar refractivity (Wildman–Crippen MR) is 123 cm³/mol. The molecule has 0 aliphatic carbocycles. The minimum Gasteiger partial charge on any atom is -0.339 e. The summed E-state index contributed by atoms with van der Waals surface area (Å²) in [5, 5.41) is 2.86. The molecule has 168 valence electrons. The van der Waals surface area contributed by atoms with Gasteiger partial charge in [-0.15, -0.1) is 0 Å². The lowest BCUT2D eigenvalue weighted by Gasteiger charge is -2.20. The van der Waals surface area contributed by atoms with E-state index in [1.165, 1.54) is 0 Å². The first-order valence-corrected chi connectivity index (χ1v) is 12.6. The van der Waals surface area contributed by atoms with Crippen LogP contribution in [0.15, 0.2) is 42.5 Å². The summed E-state index contributed by atoms with van der Waals surface area (Å²) < 4.78 is 25.4. The fraction of sp³-hybridized carbons (Fsp3) is 0.348. The number of sulfone groups is 1. The molecule has 0 saturated carbocycles. The van der Waals surface area contributed by atoms with Crippen LogP contribution in [0.25, 0.3) is 11.0 Å². The number of benzene rings is 2. The minimum absolute atomic E-state index is 0.0817. The maximum absolute atomic E-state index is 13.1. The molecular formula is C23H26N4O4S. The van der Waals surface area contributed by atoms with Crippen molar-refractivity contribution in [1.82, 2.24) is 14.5 Å². The number of imidazole rings is 1. The maximum atomic E-state index is 13.1. The first kappa shape index (κ1) is 22.0. The normalized spacial score (nSPS) is 14.1. The molecule has 0 spiro atoms. The number of nitrogens with zero attached hydrogens (tertiary/aromatic N) is 3. The number of carbonyl (C=O) groups is 2. The smallest absolute Gasteiger partial charge is 0.256 e. The van der Waals surface area contributed by atoms with E-state index in [4.69, 9.17) is 0 Å². The molecule has 1 fully saturated rings. The maximum Gasteiger partial charge on any atom is 0.256 e. The molecule has 1 N–H and O–H groups in total. The Morgan fingerprint density at radius 3 is 2.50 bits per heavy atom. The lowest BCUT2D eigenvalue weighted by molar-refractivity contribution is -0.116. The number of carbonyl (C=O) groups excluding carboxylic acids is 2. The van der Waals surface area contributed by atoms with Gasteiger partial charge in [-0.05, 0) is 43.5 Å². The van der Waals surface area contributed by atoms with Crippen LogP contribution in [0.2, 0.25) is 0 Å². The Morgan fingerprint density at radius 1 is 1.06 bits per heavy atom. The zero-order valence-electron chi connectivity index (χ0n) is 18.2. The van der Waals surface area contributed by atoms with Crippen LogP contribution < -0.4 is 5.32 Å². The number of anilines is 1. The van der Waals surface area contributed by atoms with Gasteiger partial charge >= 0.3 is 0 Å². The Balaban J connectivity index is 1.63. The summed E-state index contributed by atoms with van der Waals surface area (Å²) in [6, 6.07) is 12.6. The van der Waals surface area contributed by atoms with Crippen molar-refractivity contribution < 1.29 is 18.0 Å². The summed E-state index contributed by atoms with van der Waals surface area (Å²) in [6.45, 7) is 3.18. The Bertz CT molecular complexity index is 1290. The molecule has 9 heteroatoms. The number of aryl methyl sites for hydroxylation is 1. The zero-order valence-corrected chi connectivity index (χ0v) is 19.0. The van der Waals surface area contributed by atoms with E-state index in [9.17, 15) is 18.0 Å². The van der Waals surface area contributed by atoms with Crippen LogP contribution in [0.3, 0.4) is 0 Å². The van der Waals surface area contributed by atoms with Crippen molar-refractivity contribution in [2.75, 3.05) is 24.7 Å². The quantitative estimate of drug-likeness (QED) is 0.617. The van der Waals surface area contributed by atoms with Gasteiger partial charge in [-0.3, -0.25) is 9.59 Å². The molecule has 0 unspecified atom stereocenters. The minimum atomic E-state index is -3.34. The highest BCUT2D eigenvalue weighted by atomic mass is 32.2. The number of amides is 2. The highest BCUT2D eigenvalue weighted by Gasteiger charge is 2.24. The second-order valence-electron chi connectivity index (χ2n) is 8.22. The fourth-order valence-electron chi connectivity index (χ4n) is 4.11. The number of aromatic nitrogens is 2. The van der Waals surface area contributed by atoms with Crippen molar-refractivity contribution in [2.45, 2.75) is 32.1 Å². The number of nitrogens with one attached hydrogen (secondary N) is 1. The van der Waals surface area contributed by atoms with Gasteiger partial charge < -0.3 is 14.8 Å². The van der Waals surface area contributed by atoms with Crippen LogP contribution in [0.5, 0.6) is 0 Å². The Hall–Kier alpha value is -3.20. The standard InChI is InChI=1S/C23H26N4O4S/c1-16-8-7-10-18(22(16)23(29)26-12-5-6-13-26)25-21(28)14-27-19-11-4-3-9-17(19)24-20(27)15-32(2,30)31/h3-4,7-11H,5-6,12-15H2,1-2H3,(H,25,28). The van der Waals surface area contributed by atoms with Crippen molar-refractivity contribution in [3.8, 4) is 0 Å². The first-order chi connectivity index (χ1) is 15.2. The molecule has 0 radical (unpaired) electrons. The molecule has 2 amide bonds. The van der Waals surface area contributed by atoms with E-state index in [0.29, 0.717) is 28.1 Å². The van der Waals surface area contributed by atoms with Crippen molar-refractivity contribution in [1.29, 1.82) is 0 Å². The zero-order chi connectivity index (χ0) is 22.9. The lowest BCUT2D eigenvalue weighted by Crippen LogP contribution is -2.30. The van der Waals surface area contributed by atoms with E-state index in [0.717, 1.165) is 37.8 Å². The molecule has 4 rings (SSSR count). The largest absolute Gasteiger partial charge is 0.339 e. The average Bonchev–Trinajstić information content (AvgIpc) is 3.36. The Labute approximate surface area is 187 Å². The molecule has 0 bridgehead atoms. The number of para-hydroxylation sites is 2. The summed E-state index contributed by atoms with van der Waals surface area (Å²) >= 11 is 0. The van der Waals surface area contributed by atoms with Gasteiger partial charge in [0.1, 0.15) is 18.1 Å². The van der Waals surface area contributed by atoms with Crippen molar-refractivity contribution in [3.63, 3.8) is 0 Å². The molecule has 8 nitrogen and oxygen atoms in total. The van der Waals surface area contributed by atoms with Crippen molar-refractivity contribution in [2.24, 2.45) is 0 Å². The van der Waals surface area contributed by atoms with E-state index in [1.807, 2.05) is 30.0 Å². The lowest BCUT2D eigenvalue weighted by atomic mass is 10.0. The highest BCUT2D eigenvalue weighted by molar-refractivity contribution is 7.89. The Morgan fingerprint density at radius 2 is 1.78 bits per heavy atom. The van der Waals surface area contributed by atoms with E-state index >= 15 is 0 Å². The molecule has 1 aliphatic rings. The fourth-order valence-corrected chi connectivity index (χ4v) is 4.80. The molecule has 1 saturated heterocycles. The van der Waals surface area contributed by atoms with Crippen LogP contribution in [0.4, 0.5) is 5.69 Å². The van der Waals surface area contributed by atoms with Crippen LogP contribution in [0.1, 0.15) is 34.6 Å². The summed E-state index contributed by atoms with van der Waals surface area (Å²) in [5.41, 5.74) is 3.06. The van der Waals surface area contributed by atoms with E-state index in [1.54, 1.807) is 28.8 Å². The molecule has 2 aromatic carbocycles. The van der Waals surface area contributed by atoms with Gasteiger partial charge in [0.15, 0.2) is 9.84 Å². The number of hydrogen-bond donors (Lipinski definition) is 1. The number of fused-ring (bicyclic) bond motifs is 1. The third kappa shape index (κ3) is 4.67. The van der Waals surface area contributed by atoms with Gasteiger partial charge in [-0.1, -0.05) is 24.3 Å². The van der Waals surface area contributed by atoms with Gasteiger partial charge in [-0.2, -0.15) is 0 Å². The van der Waals surface area contributed by atoms with Crippen molar-refractivity contribution in [3.05, 3.63) is 59.4 Å².